The van der Waals surface area contributed by atoms with Crippen molar-refractivity contribution in [3.63, 3.8) is 0 Å². The van der Waals surface area contributed by atoms with Crippen molar-refractivity contribution < 1.29 is 41.5 Å². The largest absolute Gasteiger partial charge is 2.00 e. The number of carbonyl (C=O) groups excluding carboxylic acids is 2. The van der Waals surface area contributed by atoms with Crippen LogP contribution in [0.25, 0.3) is 0 Å². The van der Waals surface area contributed by atoms with Gasteiger partial charge in [-0.05, 0) is 25.7 Å². The number of carboxylic acid groups (broad SMARTS) is 2. The van der Waals surface area contributed by atoms with E-state index in [1.807, 2.05) is 0 Å². The molecule has 0 saturated heterocycles. The fourth-order valence-electron chi connectivity index (χ4n) is 1.25. The number of hydrogen-bond acceptors (Lipinski definition) is 4. The molecule has 4 nitrogen and oxygen atoms in total. The second-order valence-corrected chi connectivity index (χ2v) is 3.37. The zero-order chi connectivity index (χ0) is 10.8. The van der Waals surface area contributed by atoms with Crippen molar-refractivity contribution in [2.24, 2.45) is 0 Å². The minimum atomic E-state index is -0.998. The first-order valence-corrected chi connectivity index (χ1v) is 5.02. The van der Waals surface area contributed by atoms with E-state index in [-0.39, 0.29) is 34.6 Å². The van der Waals surface area contributed by atoms with E-state index < -0.39 is 11.9 Å². The molecule has 0 rings (SSSR count). The summed E-state index contributed by atoms with van der Waals surface area (Å²) >= 11 is 0. The van der Waals surface area contributed by atoms with Gasteiger partial charge in [0, 0.05) is 11.9 Å². The number of rotatable bonds is 9. The van der Waals surface area contributed by atoms with Gasteiger partial charge in [-0.2, -0.15) is 0 Å². The minimum Gasteiger partial charge on any atom is -0.550 e. The molecule has 0 aliphatic rings. The van der Waals surface area contributed by atoms with Gasteiger partial charge in [-0.3, -0.25) is 0 Å². The van der Waals surface area contributed by atoms with Crippen LogP contribution in [0, 0.1) is 0 Å². The molecule has 0 aromatic carbocycles. The summed E-state index contributed by atoms with van der Waals surface area (Å²) in [5, 5.41) is 20.1. The Kier molecular flexibility index (Phi) is 13.3. The van der Waals surface area contributed by atoms with Crippen molar-refractivity contribution in [2.75, 3.05) is 0 Å². The molecule has 0 heterocycles. The van der Waals surface area contributed by atoms with Crippen molar-refractivity contribution in [1.82, 2.24) is 0 Å². The van der Waals surface area contributed by atoms with Crippen LogP contribution in [0.2, 0.25) is 0 Å². The Morgan fingerprint density at radius 2 is 0.933 bits per heavy atom. The van der Waals surface area contributed by atoms with Crippen molar-refractivity contribution >= 4 is 11.9 Å². The smallest absolute Gasteiger partial charge is 0.550 e. The zero-order valence-electron chi connectivity index (χ0n) is 8.79. The Bertz CT molecular complexity index is 162. The van der Waals surface area contributed by atoms with Crippen LogP contribution >= 0.6 is 0 Å². The van der Waals surface area contributed by atoms with Crippen LogP contribution in [0.1, 0.15) is 51.4 Å². The number of unbranched alkanes of at least 4 members (excludes halogenated alkanes) is 5. The van der Waals surface area contributed by atoms with E-state index >= 15 is 0 Å². The maximum atomic E-state index is 10.0. The number of aliphatic carboxylic acids is 2. The van der Waals surface area contributed by atoms with E-state index in [2.05, 4.69) is 0 Å². The molecule has 0 unspecified atom stereocenters. The van der Waals surface area contributed by atoms with Crippen molar-refractivity contribution in [3.8, 4) is 0 Å². The third-order valence-corrected chi connectivity index (χ3v) is 2.01. The van der Waals surface area contributed by atoms with E-state index in [1.165, 1.54) is 0 Å². The van der Waals surface area contributed by atoms with Gasteiger partial charge in [0.1, 0.15) is 0 Å². The molecule has 0 spiro atoms. The van der Waals surface area contributed by atoms with E-state index in [0.29, 0.717) is 12.8 Å². The van der Waals surface area contributed by atoms with Crippen LogP contribution in [-0.2, 0) is 31.3 Å². The van der Waals surface area contributed by atoms with Crippen LogP contribution in [0.4, 0.5) is 0 Å². The maximum Gasteiger partial charge on any atom is 2.00 e. The molecule has 84 valence electrons. The monoisotopic (exact) mass is 248 g/mol. The fraction of sp³-hybridized carbons (Fsp3) is 0.800. The number of hydrogen-bond donors (Lipinski definition) is 0. The van der Waals surface area contributed by atoms with Gasteiger partial charge in [0.15, 0.2) is 0 Å². The molecule has 0 aromatic heterocycles. The van der Waals surface area contributed by atoms with Gasteiger partial charge < -0.3 is 19.8 Å². The Balaban J connectivity index is 0. The Morgan fingerprint density at radius 1 is 0.667 bits per heavy atom. The van der Waals surface area contributed by atoms with Crippen molar-refractivity contribution in [1.29, 1.82) is 0 Å². The maximum absolute atomic E-state index is 10.0. The molecule has 0 radical (unpaired) electrons. The van der Waals surface area contributed by atoms with E-state index in [1.54, 1.807) is 0 Å². The van der Waals surface area contributed by atoms with Gasteiger partial charge in [0.25, 0.3) is 0 Å². The molecule has 0 aliphatic heterocycles. The first kappa shape index (κ1) is 17.1. The Labute approximate surface area is 105 Å². The normalized spacial score (nSPS) is 9.33. The third kappa shape index (κ3) is 16.3. The van der Waals surface area contributed by atoms with Crippen LogP contribution < -0.4 is 10.2 Å². The number of carboxylic acids is 2. The summed E-state index contributed by atoms with van der Waals surface area (Å²) in [6, 6.07) is 0. The third-order valence-electron chi connectivity index (χ3n) is 2.01. The first-order valence-electron chi connectivity index (χ1n) is 5.02. The topological polar surface area (TPSA) is 80.3 Å². The quantitative estimate of drug-likeness (QED) is 0.411. The van der Waals surface area contributed by atoms with E-state index in [4.69, 9.17) is 0 Å². The fourth-order valence-corrected chi connectivity index (χ4v) is 1.25. The first-order chi connectivity index (χ1) is 6.63. The summed E-state index contributed by atoms with van der Waals surface area (Å²) in [6.07, 6.45) is 5.23. The van der Waals surface area contributed by atoms with Crippen LogP contribution in [0.3, 0.4) is 0 Å². The summed E-state index contributed by atoms with van der Waals surface area (Å²) in [7, 11) is 0. The molecule has 0 aliphatic carbocycles. The predicted molar refractivity (Wildman–Crippen MR) is 47.0 cm³/mol. The zero-order valence-corrected chi connectivity index (χ0v) is 10.4. The molecule has 5 heteroatoms. The SMILES string of the molecule is O=C([O-])CCCCCCCCC(=O)[O-].[Ti+2]. The number of carbonyl (C=O) groups is 2. The van der Waals surface area contributed by atoms with E-state index in [9.17, 15) is 19.8 Å². The van der Waals surface area contributed by atoms with Crippen LogP contribution in [-0.4, -0.2) is 11.9 Å². The van der Waals surface area contributed by atoms with Gasteiger partial charge in [-0.25, -0.2) is 0 Å². The summed E-state index contributed by atoms with van der Waals surface area (Å²) in [5.74, 6) is -2.00. The molecule has 0 aromatic rings. The molecule has 0 bridgehead atoms. The standard InChI is InChI=1S/C10H18O4.Ti/c11-9(12)7-5-3-1-2-4-6-8-10(13)14;/h1-8H2,(H,11,12)(H,13,14);/q;+2/p-2. The summed E-state index contributed by atoms with van der Waals surface area (Å²) in [4.78, 5) is 20.1. The van der Waals surface area contributed by atoms with Gasteiger partial charge in [0.2, 0.25) is 0 Å². The van der Waals surface area contributed by atoms with Crippen LogP contribution in [0.5, 0.6) is 0 Å². The molecule has 15 heavy (non-hydrogen) atoms. The van der Waals surface area contributed by atoms with Gasteiger partial charge >= 0.3 is 21.7 Å². The molecular formula is C10H16O4Ti. The molecule has 0 fully saturated rings. The Morgan fingerprint density at radius 3 is 1.20 bits per heavy atom. The van der Waals surface area contributed by atoms with Gasteiger partial charge in [-0.1, -0.05) is 25.7 Å². The predicted octanol–water partition coefficient (Wildman–Crippen LogP) is -0.396. The van der Waals surface area contributed by atoms with Crippen LogP contribution in [0.15, 0.2) is 0 Å². The summed E-state index contributed by atoms with van der Waals surface area (Å²) in [6.45, 7) is 0. The van der Waals surface area contributed by atoms with Crippen molar-refractivity contribution in [3.05, 3.63) is 0 Å². The van der Waals surface area contributed by atoms with Gasteiger partial charge in [0.05, 0.1) is 0 Å². The average molecular weight is 248 g/mol. The molecular weight excluding hydrogens is 232 g/mol. The molecule has 0 atom stereocenters. The van der Waals surface area contributed by atoms with Gasteiger partial charge in [-0.15, -0.1) is 0 Å². The van der Waals surface area contributed by atoms with Crippen molar-refractivity contribution in [2.45, 2.75) is 51.4 Å². The summed E-state index contributed by atoms with van der Waals surface area (Å²) in [5.41, 5.74) is 0. The molecule has 0 amide bonds. The minimum absolute atomic E-state index is 0. The molecule has 0 saturated carbocycles. The Hall–Kier alpha value is -0.346. The second-order valence-electron chi connectivity index (χ2n) is 3.37. The molecule has 0 N–H and O–H groups in total. The second kappa shape index (κ2) is 11.7. The van der Waals surface area contributed by atoms with E-state index in [0.717, 1.165) is 25.7 Å². The summed E-state index contributed by atoms with van der Waals surface area (Å²) < 4.78 is 0. The average Bonchev–Trinajstić information content (AvgIpc) is 2.08.